The van der Waals surface area contributed by atoms with Crippen LogP contribution < -0.4 is 0 Å². The molecule has 8 rings (SSSR count). The predicted molar refractivity (Wildman–Crippen MR) is 183 cm³/mol. The molecule has 0 fully saturated rings. The molecule has 0 spiro atoms. The van der Waals surface area contributed by atoms with E-state index in [0.717, 1.165) is 17.7 Å². The summed E-state index contributed by atoms with van der Waals surface area (Å²) < 4.78 is 43.9. The molecule has 0 aliphatic carbocycles. The van der Waals surface area contributed by atoms with Gasteiger partial charge in [-0.2, -0.15) is 10.5 Å². The van der Waals surface area contributed by atoms with Crippen LogP contribution in [0, 0.1) is 40.1 Å². The van der Waals surface area contributed by atoms with E-state index >= 15 is 0 Å². The van der Waals surface area contributed by atoms with Gasteiger partial charge in [-0.3, -0.25) is 0 Å². The average Bonchev–Trinajstić information content (AvgIpc) is 3.15. The fourth-order valence-electron chi connectivity index (χ4n) is 6.22. The molecule has 5 nitrogen and oxygen atoms in total. The molecule has 0 bridgehead atoms. The molecule has 0 aliphatic rings. The first-order valence-corrected chi connectivity index (χ1v) is 15.2. The first-order valence-electron chi connectivity index (χ1n) is 15.2. The van der Waals surface area contributed by atoms with Gasteiger partial charge in [-0.25, -0.2) is 28.1 Å². The highest BCUT2D eigenvalue weighted by molar-refractivity contribution is 6.25. The maximum Gasteiger partial charge on any atom is 0.194 e. The van der Waals surface area contributed by atoms with Gasteiger partial charge in [-0.1, -0.05) is 72.8 Å². The van der Waals surface area contributed by atoms with E-state index in [-0.39, 0.29) is 5.56 Å². The third-order valence-corrected chi connectivity index (χ3v) is 8.52. The number of aromatic nitrogens is 3. The summed E-state index contributed by atoms with van der Waals surface area (Å²) in [7, 11) is 0. The molecule has 0 aliphatic heterocycles. The Hall–Kier alpha value is -6.90. The molecule has 6 aromatic carbocycles. The second-order valence-corrected chi connectivity index (χ2v) is 11.4. The van der Waals surface area contributed by atoms with Crippen LogP contribution in [0.4, 0.5) is 13.2 Å². The molecule has 0 N–H and O–H groups in total. The number of halogens is 3. The first-order chi connectivity index (χ1) is 23.9. The molecule has 0 atom stereocenters. The number of hydrogen-bond acceptors (Lipinski definition) is 5. The lowest BCUT2D eigenvalue weighted by Crippen LogP contribution is -2.00. The van der Waals surface area contributed by atoms with Gasteiger partial charge >= 0.3 is 0 Å². The van der Waals surface area contributed by atoms with Crippen LogP contribution in [-0.4, -0.2) is 15.0 Å². The summed E-state index contributed by atoms with van der Waals surface area (Å²) in [6.45, 7) is 0. The number of para-hydroxylation sites is 1. The summed E-state index contributed by atoms with van der Waals surface area (Å²) in [6, 6.07) is 38.9. The number of fused-ring (bicyclic) bond motifs is 5. The molecular weight excluding hydrogens is 619 g/mol. The zero-order valence-electron chi connectivity index (χ0n) is 25.4. The van der Waals surface area contributed by atoms with E-state index in [2.05, 4.69) is 12.1 Å². The molecular formula is C41H20F3N5. The van der Waals surface area contributed by atoms with Crippen molar-refractivity contribution in [2.45, 2.75) is 0 Å². The van der Waals surface area contributed by atoms with Crippen LogP contribution in [0.3, 0.4) is 0 Å². The van der Waals surface area contributed by atoms with E-state index in [1.807, 2.05) is 54.6 Å². The summed E-state index contributed by atoms with van der Waals surface area (Å²) >= 11 is 0. The molecule has 0 unspecified atom stereocenters. The van der Waals surface area contributed by atoms with E-state index in [0.29, 0.717) is 77.6 Å². The summed E-state index contributed by atoms with van der Waals surface area (Å²) in [5, 5.41) is 20.8. The van der Waals surface area contributed by atoms with Crippen LogP contribution in [0.2, 0.25) is 0 Å². The fraction of sp³-hybridized carbons (Fsp3) is 0. The first kappa shape index (κ1) is 29.5. The van der Waals surface area contributed by atoms with Crippen molar-refractivity contribution >= 4 is 32.7 Å². The highest BCUT2D eigenvalue weighted by Gasteiger charge is 2.23. The lowest BCUT2D eigenvalue weighted by molar-refractivity contribution is 0.448. The maximum absolute atomic E-state index is 14.8. The molecule has 0 radical (unpaired) electrons. The number of pyridine rings is 1. The lowest BCUT2D eigenvalue weighted by atomic mass is 9.91. The molecule has 2 aromatic heterocycles. The smallest absolute Gasteiger partial charge is 0.194 e. The molecule has 49 heavy (non-hydrogen) atoms. The van der Waals surface area contributed by atoms with Crippen molar-refractivity contribution in [2.24, 2.45) is 0 Å². The SMILES string of the molecule is N#Cc1ccc(-c2nc3cc(-c4cc(F)c(F)c(F)c4)c4c5ccccc5nc(-c5ccccc5)c4c3nc2-c2ccc(C#N)cc2)cc1. The Morgan fingerprint density at radius 2 is 1.00 bits per heavy atom. The van der Waals surface area contributed by atoms with Gasteiger partial charge < -0.3 is 0 Å². The Morgan fingerprint density at radius 3 is 1.61 bits per heavy atom. The summed E-state index contributed by atoms with van der Waals surface area (Å²) in [4.78, 5) is 15.5. The number of benzene rings is 6. The lowest BCUT2D eigenvalue weighted by Gasteiger charge is -2.18. The van der Waals surface area contributed by atoms with Crippen LogP contribution in [0.15, 0.2) is 121 Å². The number of hydrogen-bond donors (Lipinski definition) is 0. The third-order valence-electron chi connectivity index (χ3n) is 8.52. The van der Waals surface area contributed by atoms with Crippen LogP contribution in [0.1, 0.15) is 11.1 Å². The van der Waals surface area contributed by atoms with Crippen LogP contribution in [-0.2, 0) is 0 Å². The topological polar surface area (TPSA) is 86.2 Å². The van der Waals surface area contributed by atoms with Gasteiger partial charge in [0.15, 0.2) is 17.5 Å². The molecule has 0 saturated carbocycles. The van der Waals surface area contributed by atoms with Gasteiger partial charge in [0.25, 0.3) is 0 Å². The third kappa shape index (κ3) is 5.00. The van der Waals surface area contributed by atoms with Crippen molar-refractivity contribution in [1.29, 1.82) is 10.5 Å². The van der Waals surface area contributed by atoms with Crippen molar-refractivity contribution in [3.05, 3.63) is 150 Å². The monoisotopic (exact) mass is 639 g/mol. The van der Waals surface area contributed by atoms with Gasteiger partial charge in [-0.05, 0) is 59.7 Å². The van der Waals surface area contributed by atoms with Gasteiger partial charge in [0, 0.05) is 32.8 Å². The fourth-order valence-corrected chi connectivity index (χ4v) is 6.22. The minimum absolute atomic E-state index is 0.122. The Bertz CT molecular complexity index is 2670. The van der Waals surface area contributed by atoms with Crippen molar-refractivity contribution in [3.63, 3.8) is 0 Å². The highest BCUT2D eigenvalue weighted by Crippen LogP contribution is 2.44. The quantitative estimate of drug-likeness (QED) is 0.141. The number of nitriles is 2. The zero-order valence-corrected chi connectivity index (χ0v) is 25.4. The molecule has 0 amide bonds. The predicted octanol–water partition coefficient (Wildman–Crippen LogP) is 10.2. The summed E-state index contributed by atoms with van der Waals surface area (Å²) in [5.74, 6) is -4.18. The standard InChI is InChI=1S/C41H20F3N5/c42-31-18-28(19-32(43)37(31)44)30-20-34-41(36-35(30)29-8-4-5-9-33(29)47-38(36)25-6-2-1-3-7-25)49-40(27-16-12-24(22-46)13-17-27)39(48-34)26-14-10-23(21-45)11-15-26/h1-20H. The number of nitrogens with zero attached hydrogens (tertiary/aromatic N) is 5. The largest absolute Gasteiger partial charge is 0.247 e. The molecule has 2 heterocycles. The minimum atomic E-state index is -1.56. The number of rotatable bonds is 4. The Labute approximate surface area is 277 Å². The minimum Gasteiger partial charge on any atom is -0.247 e. The van der Waals surface area contributed by atoms with E-state index < -0.39 is 17.5 Å². The molecule has 230 valence electrons. The van der Waals surface area contributed by atoms with Crippen LogP contribution in [0.25, 0.3) is 77.6 Å². The molecule has 8 heteroatoms. The Balaban J connectivity index is 1.59. The second-order valence-electron chi connectivity index (χ2n) is 11.4. The molecule has 0 saturated heterocycles. The van der Waals surface area contributed by atoms with Gasteiger partial charge in [0.2, 0.25) is 0 Å². The van der Waals surface area contributed by atoms with Gasteiger partial charge in [0.05, 0.1) is 56.9 Å². The van der Waals surface area contributed by atoms with E-state index in [1.165, 1.54) is 0 Å². The zero-order chi connectivity index (χ0) is 33.6. The summed E-state index contributed by atoms with van der Waals surface area (Å²) in [6.07, 6.45) is 0. The maximum atomic E-state index is 14.8. The second kappa shape index (κ2) is 11.7. The van der Waals surface area contributed by atoms with Crippen LogP contribution in [0.5, 0.6) is 0 Å². The Kier molecular flexibility index (Phi) is 7.05. The van der Waals surface area contributed by atoms with Gasteiger partial charge in [-0.15, -0.1) is 0 Å². The van der Waals surface area contributed by atoms with Crippen molar-refractivity contribution in [1.82, 2.24) is 15.0 Å². The summed E-state index contributed by atoms with van der Waals surface area (Å²) in [5.41, 5.74) is 6.75. The normalized spacial score (nSPS) is 11.1. The van der Waals surface area contributed by atoms with Crippen molar-refractivity contribution in [2.75, 3.05) is 0 Å². The highest BCUT2D eigenvalue weighted by atomic mass is 19.2. The van der Waals surface area contributed by atoms with Crippen LogP contribution >= 0.6 is 0 Å². The van der Waals surface area contributed by atoms with Crippen molar-refractivity contribution < 1.29 is 13.2 Å². The van der Waals surface area contributed by atoms with E-state index in [1.54, 1.807) is 54.6 Å². The van der Waals surface area contributed by atoms with Crippen molar-refractivity contribution in [3.8, 4) is 57.0 Å². The van der Waals surface area contributed by atoms with E-state index in [4.69, 9.17) is 15.0 Å². The van der Waals surface area contributed by atoms with E-state index in [9.17, 15) is 23.7 Å². The average molecular weight is 640 g/mol. The Morgan fingerprint density at radius 1 is 0.469 bits per heavy atom. The molecule has 8 aromatic rings. The van der Waals surface area contributed by atoms with Gasteiger partial charge in [0.1, 0.15) is 0 Å².